The van der Waals surface area contributed by atoms with Crippen LogP contribution in [0.15, 0.2) is 48.5 Å². The third-order valence-corrected chi connectivity index (χ3v) is 4.76. The third kappa shape index (κ3) is 3.32. The molecule has 0 bridgehead atoms. The second-order valence-corrected chi connectivity index (χ2v) is 6.98. The van der Waals surface area contributed by atoms with E-state index >= 15 is 0 Å². The average Bonchev–Trinajstić information content (AvgIpc) is 3.02. The Labute approximate surface area is 157 Å². The number of nitrogens with one attached hydrogen (secondary N) is 1. The SMILES string of the molecule is CC(C)N(c1cccc(F)c1)c1c(-c2ccc(F)cc2)nc2n1CCNC2. The first-order valence-corrected chi connectivity index (χ1v) is 9.15. The molecule has 1 aliphatic rings. The van der Waals surface area contributed by atoms with Gasteiger partial charge in [-0.15, -0.1) is 0 Å². The Balaban J connectivity index is 1.93. The van der Waals surface area contributed by atoms with Crippen LogP contribution >= 0.6 is 0 Å². The lowest BCUT2D eigenvalue weighted by atomic mass is 10.1. The second kappa shape index (κ2) is 7.12. The molecule has 2 aromatic carbocycles. The molecule has 0 atom stereocenters. The summed E-state index contributed by atoms with van der Waals surface area (Å²) in [5.74, 6) is 1.29. The summed E-state index contributed by atoms with van der Waals surface area (Å²) in [6.45, 7) is 6.43. The number of hydrogen-bond acceptors (Lipinski definition) is 3. The molecule has 0 spiro atoms. The highest BCUT2D eigenvalue weighted by Gasteiger charge is 2.27. The maximum absolute atomic E-state index is 13.9. The van der Waals surface area contributed by atoms with Crippen LogP contribution in [-0.4, -0.2) is 22.1 Å². The van der Waals surface area contributed by atoms with Crippen LogP contribution in [0.5, 0.6) is 0 Å². The van der Waals surface area contributed by atoms with Crippen LogP contribution in [0.3, 0.4) is 0 Å². The van der Waals surface area contributed by atoms with Gasteiger partial charge in [0.2, 0.25) is 0 Å². The highest BCUT2D eigenvalue weighted by Crippen LogP contribution is 2.38. The van der Waals surface area contributed by atoms with Crippen LogP contribution in [0.25, 0.3) is 11.3 Å². The molecule has 2 heterocycles. The molecule has 3 aromatic rings. The normalized spacial score (nSPS) is 13.7. The molecule has 0 fully saturated rings. The van der Waals surface area contributed by atoms with Crippen LogP contribution in [0, 0.1) is 11.6 Å². The largest absolute Gasteiger partial charge is 0.323 e. The number of fused-ring (bicyclic) bond motifs is 1. The summed E-state index contributed by atoms with van der Waals surface area (Å²) in [6.07, 6.45) is 0. The van der Waals surface area contributed by atoms with Crippen LogP contribution in [0.4, 0.5) is 20.3 Å². The zero-order chi connectivity index (χ0) is 19.0. The topological polar surface area (TPSA) is 33.1 Å². The van der Waals surface area contributed by atoms with Crippen molar-refractivity contribution in [3.8, 4) is 11.3 Å². The van der Waals surface area contributed by atoms with Gasteiger partial charge in [-0.2, -0.15) is 0 Å². The molecule has 0 unspecified atom stereocenters. The van der Waals surface area contributed by atoms with Crippen LogP contribution < -0.4 is 10.2 Å². The number of imidazole rings is 1. The predicted molar refractivity (Wildman–Crippen MR) is 103 cm³/mol. The first kappa shape index (κ1) is 17.7. The molecule has 0 saturated carbocycles. The summed E-state index contributed by atoms with van der Waals surface area (Å²) in [7, 11) is 0. The molecule has 0 saturated heterocycles. The molecule has 4 nitrogen and oxygen atoms in total. The number of aromatic nitrogens is 2. The fraction of sp³-hybridized carbons (Fsp3) is 0.286. The van der Waals surface area contributed by atoms with E-state index in [1.54, 1.807) is 18.2 Å². The number of anilines is 2. The Morgan fingerprint density at radius 3 is 2.56 bits per heavy atom. The van der Waals surface area contributed by atoms with E-state index in [1.807, 2.05) is 6.07 Å². The summed E-state index contributed by atoms with van der Waals surface area (Å²) >= 11 is 0. The van der Waals surface area contributed by atoms with Crippen molar-refractivity contribution in [1.82, 2.24) is 14.9 Å². The zero-order valence-electron chi connectivity index (χ0n) is 15.4. The minimum atomic E-state index is -0.281. The predicted octanol–water partition coefficient (Wildman–Crippen LogP) is 4.48. The maximum Gasteiger partial charge on any atom is 0.141 e. The molecular formula is C21H22F2N4. The van der Waals surface area contributed by atoms with Crippen molar-refractivity contribution in [2.75, 3.05) is 11.4 Å². The molecule has 6 heteroatoms. The second-order valence-electron chi connectivity index (χ2n) is 6.98. The van der Waals surface area contributed by atoms with Gasteiger partial charge in [0.1, 0.15) is 29.0 Å². The summed E-state index contributed by atoms with van der Waals surface area (Å²) in [5, 5.41) is 3.34. The van der Waals surface area contributed by atoms with E-state index in [0.717, 1.165) is 41.7 Å². The Hall–Kier alpha value is -2.73. The van der Waals surface area contributed by atoms with Gasteiger partial charge in [0.05, 0.1) is 6.54 Å². The molecule has 1 N–H and O–H groups in total. The van der Waals surface area contributed by atoms with Gasteiger partial charge in [0.25, 0.3) is 0 Å². The van der Waals surface area contributed by atoms with Crippen molar-refractivity contribution in [3.05, 3.63) is 66.0 Å². The lowest BCUT2D eigenvalue weighted by Crippen LogP contribution is -2.33. The van der Waals surface area contributed by atoms with E-state index in [-0.39, 0.29) is 17.7 Å². The van der Waals surface area contributed by atoms with Gasteiger partial charge in [-0.1, -0.05) is 6.07 Å². The first-order chi connectivity index (χ1) is 13.0. The molecule has 0 amide bonds. The maximum atomic E-state index is 13.9. The van der Waals surface area contributed by atoms with Crippen LogP contribution in [-0.2, 0) is 13.1 Å². The van der Waals surface area contributed by atoms with Gasteiger partial charge in [-0.25, -0.2) is 13.8 Å². The summed E-state index contributed by atoms with van der Waals surface area (Å²) in [5.41, 5.74) is 2.40. The lowest BCUT2D eigenvalue weighted by molar-refractivity contribution is 0.503. The molecule has 0 radical (unpaired) electrons. The van der Waals surface area contributed by atoms with Gasteiger partial charge >= 0.3 is 0 Å². The minimum Gasteiger partial charge on any atom is -0.323 e. The molecular weight excluding hydrogens is 346 g/mol. The van der Waals surface area contributed by atoms with E-state index in [0.29, 0.717) is 6.54 Å². The minimum absolute atomic E-state index is 0.0849. The van der Waals surface area contributed by atoms with Gasteiger partial charge in [-0.3, -0.25) is 0 Å². The monoisotopic (exact) mass is 368 g/mol. The lowest BCUT2D eigenvalue weighted by Gasteiger charge is -2.32. The number of halogens is 2. The van der Waals surface area contributed by atoms with Gasteiger partial charge in [0.15, 0.2) is 0 Å². The third-order valence-electron chi connectivity index (χ3n) is 4.76. The van der Waals surface area contributed by atoms with Crippen molar-refractivity contribution in [2.45, 2.75) is 33.0 Å². The molecule has 140 valence electrons. The van der Waals surface area contributed by atoms with E-state index in [9.17, 15) is 8.78 Å². The molecule has 0 aliphatic carbocycles. The smallest absolute Gasteiger partial charge is 0.141 e. The number of benzene rings is 2. The standard InChI is InChI=1S/C21H22F2N4/c1-14(2)27(18-5-3-4-17(23)12-18)21-20(15-6-8-16(22)9-7-15)25-19-13-24-10-11-26(19)21/h3-9,12,14,24H,10-11,13H2,1-2H3. The highest BCUT2D eigenvalue weighted by molar-refractivity contribution is 5.78. The summed E-state index contributed by atoms with van der Waals surface area (Å²) in [6, 6.07) is 13.0. The van der Waals surface area contributed by atoms with Crippen LogP contribution in [0.2, 0.25) is 0 Å². The van der Waals surface area contributed by atoms with Crippen molar-refractivity contribution < 1.29 is 8.78 Å². The van der Waals surface area contributed by atoms with Gasteiger partial charge in [-0.05, 0) is 56.3 Å². The fourth-order valence-corrected chi connectivity index (χ4v) is 3.59. The van der Waals surface area contributed by atoms with Gasteiger partial charge in [0, 0.05) is 30.4 Å². The van der Waals surface area contributed by atoms with Crippen molar-refractivity contribution >= 4 is 11.5 Å². The fourth-order valence-electron chi connectivity index (χ4n) is 3.59. The van der Waals surface area contributed by atoms with Crippen molar-refractivity contribution in [2.24, 2.45) is 0 Å². The van der Waals surface area contributed by atoms with E-state index in [1.165, 1.54) is 24.3 Å². The molecule has 27 heavy (non-hydrogen) atoms. The average molecular weight is 368 g/mol. The first-order valence-electron chi connectivity index (χ1n) is 9.15. The van der Waals surface area contributed by atoms with Crippen molar-refractivity contribution in [1.29, 1.82) is 0 Å². The van der Waals surface area contributed by atoms with Gasteiger partial charge < -0.3 is 14.8 Å². The van der Waals surface area contributed by atoms with E-state index in [4.69, 9.17) is 4.98 Å². The van der Waals surface area contributed by atoms with E-state index in [2.05, 4.69) is 28.6 Å². The molecule has 1 aromatic heterocycles. The Bertz CT molecular complexity index is 947. The zero-order valence-corrected chi connectivity index (χ0v) is 15.4. The van der Waals surface area contributed by atoms with E-state index < -0.39 is 0 Å². The highest BCUT2D eigenvalue weighted by atomic mass is 19.1. The van der Waals surface area contributed by atoms with Crippen LogP contribution in [0.1, 0.15) is 19.7 Å². The number of rotatable bonds is 4. The Kier molecular flexibility index (Phi) is 4.66. The Morgan fingerprint density at radius 2 is 1.85 bits per heavy atom. The van der Waals surface area contributed by atoms with Crippen molar-refractivity contribution in [3.63, 3.8) is 0 Å². The number of hydrogen-bond donors (Lipinski definition) is 1. The molecule has 4 rings (SSSR count). The summed E-state index contributed by atoms with van der Waals surface area (Å²) in [4.78, 5) is 6.95. The quantitative estimate of drug-likeness (QED) is 0.737. The summed E-state index contributed by atoms with van der Waals surface area (Å²) < 4.78 is 29.6. The number of nitrogens with zero attached hydrogens (tertiary/aromatic N) is 3. The Morgan fingerprint density at radius 1 is 1.07 bits per heavy atom. The molecule has 1 aliphatic heterocycles.